The fourth-order valence-electron chi connectivity index (χ4n) is 4.96. The number of carbonyl (C=O) groups excluding carboxylic acids is 1. The van der Waals surface area contributed by atoms with E-state index in [9.17, 15) is 4.79 Å². The van der Waals surface area contributed by atoms with E-state index < -0.39 is 5.97 Å². The molecule has 1 aliphatic heterocycles. The number of nitrogens with zero attached hydrogens (tertiary/aromatic N) is 2. The smallest absolute Gasteiger partial charge is 0.356 e. The number of hydrogen-bond donors (Lipinski definition) is 0. The van der Waals surface area contributed by atoms with Crippen molar-refractivity contribution in [2.45, 2.75) is 33.8 Å². The zero-order valence-electron chi connectivity index (χ0n) is 22.8. The highest BCUT2D eigenvalue weighted by molar-refractivity contribution is 6.40. The number of carbonyl (C=O) groups is 1. The lowest BCUT2D eigenvalue weighted by Crippen LogP contribution is -2.33. The predicted octanol–water partition coefficient (Wildman–Crippen LogP) is 8.15. The van der Waals surface area contributed by atoms with E-state index in [1.165, 1.54) is 0 Å². The van der Waals surface area contributed by atoms with Gasteiger partial charge in [-0.3, -0.25) is 0 Å². The number of oxime groups is 1. The molecule has 3 aromatic carbocycles. The Hall–Kier alpha value is -3.61. The van der Waals surface area contributed by atoms with Gasteiger partial charge in [-0.1, -0.05) is 66.5 Å². The third-order valence-corrected chi connectivity index (χ3v) is 7.64. The van der Waals surface area contributed by atoms with Gasteiger partial charge in [0.1, 0.15) is 29.9 Å². The Morgan fingerprint density at radius 1 is 1.00 bits per heavy atom. The molecule has 0 aliphatic carbocycles. The van der Waals surface area contributed by atoms with E-state index in [4.69, 9.17) is 37.5 Å². The van der Waals surface area contributed by atoms with Gasteiger partial charge < -0.3 is 14.3 Å². The molecule has 1 aliphatic rings. The standard InChI is InChI=1S/C32H30Cl2N2O4/c1-5-38-32(37)28-15-19(4)23-16-21(11-14-27(23)35-28)20-9-12-22(13-10-20)39-17-24-30(36-40-31(24)18(2)3)29-25(33)7-6-8-26(29)34/h6-16,18,24,31H,5,17H2,1-4H3. The molecule has 0 radical (unpaired) electrons. The molecule has 4 aromatic rings. The number of ether oxygens (including phenoxy) is 2. The minimum absolute atomic E-state index is 0.132. The molecule has 1 aromatic heterocycles. The summed E-state index contributed by atoms with van der Waals surface area (Å²) in [6.07, 6.45) is -0.152. The highest BCUT2D eigenvalue weighted by Crippen LogP contribution is 2.35. The van der Waals surface area contributed by atoms with Crippen LogP contribution in [0.2, 0.25) is 10.0 Å². The van der Waals surface area contributed by atoms with E-state index in [0.717, 1.165) is 33.3 Å². The molecular weight excluding hydrogens is 547 g/mol. The van der Waals surface area contributed by atoms with Crippen LogP contribution >= 0.6 is 23.2 Å². The van der Waals surface area contributed by atoms with Crippen LogP contribution in [-0.2, 0) is 9.57 Å². The summed E-state index contributed by atoms with van der Waals surface area (Å²) >= 11 is 13.0. The summed E-state index contributed by atoms with van der Waals surface area (Å²) in [5, 5.41) is 6.42. The molecule has 5 rings (SSSR count). The van der Waals surface area contributed by atoms with Crippen molar-refractivity contribution in [2.75, 3.05) is 13.2 Å². The van der Waals surface area contributed by atoms with E-state index in [0.29, 0.717) is 40.2 Å². The molecule has 0 fully saturated rings. The number of rotatable bonds is 8. The van der Waals surface area contributed by atoms with Gasteiger partial charge in [0, 0.05) is 10.9 Å². The van der Waals surface area contributed by atoms with Crippen molar-refractivity contribution >= 4 is 45.8 Å². The van der Waals surface area contributed by atoms with Gasteiger partial charge >= 0.3 is 5.97 Å². The molecule has 2 unspecified atom stereocenters. The van der Waals surface area contributed by atoms with Crippen molar-refractivity contribution in [1.29, 1.82) is 0 Å². The van der Waals surface area contributed by atoms with Crippen LogP contribution in [0.3, 0.4) is 0 Å². The third-order valence-electron chi connectivity index (χ3n) is 7.01. The maximum atomic E-state index is 12.1. The van der Waals surface area contributed by atoms with Crippen LogP contribution in [0.1, 0.15) is 42.4 Å². The minimum atomic E-state index is -0.413. The second-order valence-electron chi connectivity index (χ2n) is 10.1. The first-order chi connectivity index (χ1) is 19.3. The molecule has 2 atom stereocenters. The quantitative estimate of drug-likeness (QED) is 0.198. The normalized spacial score (nSPS) is 16.6. The first-order valence-electron chi connectivity index (χ1n) is 13.3. The van der Waals surface area contributed by atoms with Crippen molar-refractivity contribution in [1.82, 2.24) is 4.98 Å². The third kappa shape index (κ3) is 5.65. The largest absolute Gasteiger partial charge is 0.493 e. The van der Waals surface area contributed by atoms with Crippen LogP contribution in [-0.4, -0.2) is 36.0 Å². The summed E-state index contributed by atoms with van der Waals surface area (Å²) in [4.78, 5) is 22.4. The van der Waals surface area contributed by atoms with E-state index in [2.05, 4.69) is 30.1 Å². The molecule has 0 N–H and O–H groups in total. The summed E-state index contributed by atoms with van der Waals surface area (Å²) in [6, 6.07) is 21.1. The summed E-state index contributed by atoms with van der Waals surface area (Å²) in [7, 11) is 0. The van der Waals surface area contributed by atoms with Crippen LogP contribution in [0.4, 0.5) is 0 Å². The molecule has 206 valence electrons. The Morgan fingerprint density at radius 3 is 2.38 bits per heavy atom. The van der Waals surface area contributed by atoms with Gasteiger partial charge in [0.05, 0.1) is 28.1 Å². The van der Waals surface area contributed by atoms with E-state index in [1.54, 1.807) is 25.1 Å². The number of esters is 1. The van der Waals surface area contributed by atoms with Crippen molar-refractivity contribution < 1.29 is 19.1 Å². The second-order valence-corrected chi connectivity index (χ2v) is 10.9. The van der Waals surface area contributed by atoms with E-state index in [-0.39, 0.29) is 17.9 Å². The van der Waals surface area contributed by atoms with Crippen molar-refractivity contribution in [2.24, 2.45) is 17.0 Å². The Bertz CT molecular complexity index is 1560. The summed E-state index contributed by atoms with van der Waals surface area (Å²) < 4.78 is 11.3. The molecule has 0 bridgehead atoms. The van der Waals surface area contributed by atoms with Crippen molar-refractivity contribution in [3.05, 3.63) is 93.6 Å². The summed E-state index contributed by atoms with van der Waals surface area (Å²) in [5.74, 6) is 0.412. The van der Waals surface area contributed by atoms with Crippen LogP contribution in [0.25, 0.3) is 22.0 Å². The Labute approximate surface area is 243 Å². The lowest BCUT2D eigenvalue weighted by atomic mass is 9.87. The molecule has 8 heteroatoms. The molecule has 40 heavy (non-hydrogen) atoms. The van der Waals surface area contributed by atoms with Gasteiger partial charge in [-0.15, -0.1) is 0 Å². The molecule has 0 saturated carbocycles. The number of halogens is 2. The predicted molar refractivity (Wildman–Crippen MR) is 160 cm³/mol. The van der Waals surface area contributed by atoms with E-state index in [1.807, 2.05) is 49.4 Å². The highest BCUT2D eigenvalue weighted by atomic mass is 35.5. The number of benzene rings is 3. The average molecular weight is 578 g/mol. The van der Waals surface area contributed by atoms with Gasteiger partial charge in [0.2, 0.25) is 0 Å². The van der Waals surface area contributed by atoms with Crippen LogP contribution in [0, 0.1) is 18.8 Å². The van der Waals surface area contributed by atoms with Crippen molar-refractivity contribution in [3.63, 3.8) is 0 Å². The number of aryl methyl sites for hydroxylation is 1. The molecular formula is C32H30Cl2N2O4. The zero-order chi connectivity index (χ0) is 28.4. The topological polar surface area (TPSA) is 70.0 Å². The number of pyridine rings is 1. The first-order valence-corrected chi connectivity index (χ1v) is 14.0. The lowest BCUT2D eigenvalue weighted by molar-refractivity contribution is 0.0178. The lowest BCUT2D eigenvalue weighted by Gasteiger charge is -2.23. The summed E-state index contributed by atoms with van der Waals surface area (Å²) in [5.41, 5.74) is 5.51. The van der Waals surface area contributed by atoms with Gasteiger partial charge in [0.25, 0.3) is 0 Å². The molecule has 0 spiro atoms. The number of fused-ring (bicyclic) bond motifs is 1. The molecule has 0 amide bonds. The van der Waals surface area contributed by atoms with E-state index >= 15 is 0 Å². The second kappa shape index (κ2) is 11.9. The molecule has 6 nitrogen and oxygen atoms in total. The Morgan fingerprint density at radius 2 is 1.70 bits per heavy atom. The molecule has 2 heterocycles. The number of hydrogen-bond acceptors (Lipinski definition) is 6. The average Bonchev–Trinajstić information content (AvgIpc) is 3.36. The van der Waals surface area contributed by atoms with Gasteiger partial charge in [-0.25, -0.2) is 9.78 Å². The SMILES string of the molecule is CCOC(=O)c1cc(C)c2cc(-c3ccc(OCC4C(c5c(Cl)cccc5Cl)=NOC4C(C)C)cc3)ccc2n1. The fraction of sp³-hybridized carbons (Fsp3) is 0.281. The van der Waals surface area contributed by atoms with Gasteiger partial charge in [-0.05, 0) is 78.9 Å². The Balaban J connectivity index is 1.34. The Kier molecular flexibility index (Phi) is 8.29. The van der Waals surface area contributed by atoms with Crippen LogP contribution in [0.15, 0.2) is 71.9 Å². The summed E-state index contributed by atoms with van der Waals surface area (Å²) in [6.45, 7) is 8.62. The monoisotopic (exact) mass is 576 g/mol. The first kappa shape index (κ1) is 27.9. The molecule has 0 saturated heterocycles. The number of aromatic nitrogens is 1. The van der Waals surface area contributed by atoms with Gasteiger partial charge in [0.15, 0.2) is 0 Å². The highest BCUT2D eigenvalue weighted by Gasteiger charge is 2.39. The zero-order valence-corrected chi connectivity index (χ0v) is 24.3. The van der Waals surface area contributed by atoms with Gasteiger partial charge in [-0.2, -0.15) is 0 Å². The maximum Gasteiger partial charge on any atom is 0.356 e. The maximum absolute atomic E-state index is 12.1. The van der Waals surface area contributed by atoms with Crippen LogP contribution in [0.5, 0.6) is 5.75 Å². The van der Waals surface area contributed by atoms with Crippen molar-refractivity contribution in [3.8, 4) is 16.9 Å². The van der Waals surface area contributed by atoms with Crippen LogP contribution < -0.4 is 4.74 Å². The minimum Gasteiger partial charge on any atom is -0.493 e. The fourth-order valence-corrected chi connectivity index (χ4v) is 5.55.